The van der Waals surface area contributed by atoms with Crippen LogP contribution in [0.4, 0.5) is 0 Å². The van der Waals surface area contributed by atoms with Gasteiger partial charge in [0.05, 0.1) is 12.2 Å². The fourth-order valence-electron chi connectivity index (χ4n) is 3.49. The van der Waals surface area contributed by atoms with Crippen LogP contribution in [0.1, 0.15) is 69.7 Å². The molecule has 1 heterocycles. The highest BCUT2D eigenvalue weighted by Gasteiger charge is 2.49. The van der Waals surface area contributed by atoms with Crippen LogP contribution in [0.2, 0.25) is 0 Å². The van der Waals surface area contributed by atoms with E-state index in [2.05, 4.69) is 20.8 Å². The van der Waals surface area contributed by atoms with Gasteiger partial charge in [-0.05, 0) is 31.4 Å². The van der Waals surface area contributed by atoms with Crippen molar-refractivity contribution in [1.29, 1.82) is 0 Å². The normalized spacial score (nSPS) is 25.6. The number of rotatable bonds is 15. The van der Waals surface area contributed by atoms with Gasteiger partial charge >= 0.3 is 5.97 Å². The van der Waals surface area contributed by atoms with Crippen molar-refractivity contribution in [2.75, 3.05) is 26.4 Å². The van der Waals surface area contributed by atoms with Gasteiger partial charge in [-0.15, -0.1) is 0 Å². The van der Waals surface area contributed by atoms with Crippen molar-refractivity contribution in [2.24, 2.45) is 0 Å². The zero-order chi connectivity index (χ0) is 23.2. The highest BCUT2D eigenvalue weighted by atomic mass is 16.7. The van der Waals surface area contributed by atoms with Gasteiger partial charge in [0.2, 0.25) is 0 Å². The third-order valence-corrected chi connectivity index (χ3v) is 5.40. The van der Waals surface area contributed by atoms with Crippen LogP contribution in [0.15, 0.2) is 30.3 Å². The van der Waals surface area contributed by atoms with Crippen LogP contribution in [0, 0.1) is 0 Å². The van der Waals surface area contributed by atoms with Crippen LogP contribution in [0.5, 0.6) is 0 Å². The predicted molar refractivity (Wildman–Crippen MR) is 122 cm³/mol. The molecule has 1 fully saturated rings. The Bertz CT molecular complexity index is 624. The number of benzene rings is 1. The summed E-state index contributed by atoms with van der Waals surface area (Å²) in [7, 11) is 0. The smallest absolute Gasteiger partial charge is 0.338 e. The molecule has 0 spiro atoms. The molecule has 0 amide bonds. The zero-order valence-corrected chi connectivity index (χ0v) is 19.7. The summed E-state index contributed by atoms with van der Waals surface area (Å²) in [6.45, 7) is 8.17. The van der Waals surface area contributed by atoms with Gasteiger partial charge in [-0.3, -0.25) is 0 Å². The van der Waals surface area contributed by atoms with E-state index in [4.69, 9.17) is 23.7 Å². The van der Waals surface area contributed by atoms with Crippen LogP contribution in [0.3, 0.4) is 0 Å². The van der Waals surface area contributed by atoms with Gasteiger partial charge in [0.1, 0.15) is 18.3 Å². The minimum Gasteiger partial charge on any atom is -0.450 e. The minimum atomic E-state index is -1.33. The van der Waals surface area contributed by atoms with E-state index in [1.807, 2.05) is 6.07 Å². The molecule has 0 radical (unpaired) electrons. The second-order valence-electron chi connectivity index (χ2n) is 8.11. The number of esters is 1. The van der Waals surface area contributed by atoms with Crippen molar-refractivity contribution in [3.8, 4) is 0 Å². The molecule has 7 heteroatoms. The number of aliphatic hydroxyl groups is 1. The molecular weight excluding hydrogens is 412 g/mol. The van der Waals surface area contributed by atoms with Crippen molar-refractivity contribution < 1.29 is 33.6 Å². The molecule has 5 atom stereocenters. The third kappa shape index (κ3) is 8.45. The Hall–Kier alpha value is -1.51. The number of ether oxygens (including phenoxy) is 5. The summed E-state index contributed by atoms with van der Waals surface area (Å²) in [4.78, 5) is 12.7. The predicted octanol–water partition coefficient (Wildman–Crippen LogP) is 4.12. The molecule has 0 aromatic heterocycles. The van der Waals surface area contributed by atoms with E-state index < -0.39 is 36.7 Å². The minimum absolute atomic E-state index is 0.279. The molecule has 1 aliphatic rings. The van der Waals surface area contributed by atoms with Gasteiger partial charge < -0.3 is 28.8 Å². The molecule has 182 valence electrons. The molecular formula is C25H40O7. The van der Waals surface area contributed by atoms with Gasteiger partial charge in [0.25, 0.3) is 0 Å². The maximum absolute atomic E-state index is 12.7. The number of carbonyl (C=O) groups is 1. The second kappa shape index (κ2) is 15.3. The molecule has 2 unspecified atom stereocenters. The van der Waals surface area contributed by atoms with Gasteiger partial charge in [0.15, 0.2) is 12.4 Å². The Morgan fingerprint density at radius 1 is 0.875 bits per heavy atom. The summed E-state index contributed by atoms with van der Waals surface area (Å²) in [5.74, 6) is -0.535. The highest BCUT2D eigenvalue weighted by molar-refractivity contribution is 5.89. The van der Waals surface area contributed by atoms with Crippen molar-refractivity contribution in [3.63, 3.8) is 0 Å². The van der Waals surface area contributed by atoms with Crippen LogP contribution < -0.4 is 0 Å². The lowest BCUT2D eigenvalue weighted by molar-refractivity contribution is -0.302. The lowest BCUT2D eigenvalue weighted by atomic mass is 9.98. The summed E-state index contributed by atoms with van der Waals surface area (Å²) in [6, 6.07) is 8.70. The molecule has 32 heavy (non-hydrogen) atoms. The van der Waals surface area contributed by atoms with Gasteiger partial charge in [-0.25, -0.2) is 4.79 Å². The van der Waals surface area contributed by atoms with Crippen LogP contribution in [-0.4, -0.2) is 68.2 Å². The lowest BCUT2D eigenvalue weighted by Gasteiger charge is -2.44. The maximum Gasteiger partial charge on any atom is 0.338 e. The van der Waals surface area contributed by atoms with Gasteiger partial charge in [-0.1, -0.05) is 58.2 Å². The Balaban J connectivity index is 2.18. The first-order valence-electron chi connectivity index (χ1n) is 12.0. The van der Waals surface area contributed by atoms with Crippen molar-refractivity contribution in [3.05, 3.63) is 35.9 Å². The number of hydrogen-bond acceptors (Lipinski definition) is 7. The number of unbranched alkanes of at least 4 members (excludes halogenated alkanes) is 3. The van der Waals surface area contributed by atoms with E-state index in [-0.39, 0.29) is 6.61 Å². The molecule has 1 aromatic carbocycles. The molecule has 7 nitrogen and oxygen atoms in total. The Morgan fingerprint density at radius 2 is 1.47 bits per heavy atom. The fraction of sp³-hybridized carbons (Fsp3) is 0.720. The zero-order valence-electron chi connectivity index (χ0n) is 19.7. The molecule has 2 rings (SSSR count). The van der Waals surface area contributed by atoms with E-state index in [0.717, 1.165) is 38.5 Å². The van der Waals surface area contributed by atoms with E-state index in [1.165, 1.54) is 0 Å². The van der Waals surface area contributed by atoms with E-state index in [9.17, 15) is 9.90 Å². The van der Waals surface area contributed by atoms with Gasteiger partial charge in [-0.2, -0.15) is 0 Å². The van der Waals surface area contributed by atoms with Gasteiger partial charge in [0, 0.05) is 19.8 Å². The maximum atomic E-state index is 12.7. The molecule has 0 bridgehead atoms. The van der Waals surface area contributed by atoms with Crippen molar-refractivity contribution in [1.82, 2.24) is 0 Å². The molecule has 1 saturated heterocycles. The summed E-state index contributed by atoms with van der Waals surface area (Å²) in [5, 5.41) is 10.8. The Kier molecular flexibility index (Phi) is 12.8. The quantitative estimate of drug-likeness (QED) is 0.317. The first kappa shape index (κ1) is 26.7. The monoisotopic (exact) mass is 452 g/mol. The summed E-state index contributed by atoms with van der Waals surface area (Å²) >= 11 is 0. The molecule has 0 saturated carbocycles. The first-order valence-corrected chi connectivity index (χ1v) is 12.0. The summed E-state index contributed by atoms with van der Waals surface area (Å²) in [5.41, 5.74) is 0.403. The summed E-state index contributed by atoms with van der Waals surface area (Å²) < 4.78 is 29.6. The first-order chi connectivity index (χ1) is 15.6. The largest absolute Gasteiger partial charge is 0.450 e. The molecule has 0 aliphatic carbocycles. The Labute approximate surface area is 192 Å². The number of hydrogen-bond donors (Lipinski definition) is 1. The number of carbonyl (C=O) groups excluding carboxylic acids is 1. The SMILES string of the molecule is CCCCOCC1O[C@@H](O)C(OC(=O)c2ccccc2)[C@H](OCCCC)[C@@H]1OCCCC. The average Bonchev–Trinajstić information content (AvgIpc) is 2.81. The average molecular weight is 453 g/mol. The summed E-state index contributed by atoms with van der Waals surface area (Å²) in [6.07, 6.45) is 1.65. The van der Waals surface area contributed by atoms with Crippen LogP contribution in [-0.2, 0) is 23.7 Å². The highest BCUT2D eigenvalue weighted by Crippen LogP contribution is 2.29. The second-order valence-corrected chi connectivity index (χ2v) is 8.11. The van der Waals surface area contributed by atoms with Crippen LogP contribution in [0.25, 0.3) is 0 Å². The standard InChI is InChI=1S/C25H40O7/c1-4-7-15-28-18-20-21(29-16-8-5-2)22(30-17-9-6-3)23(25(27)31-20)32-24(26)19-13-11-10-12-14-19/h10-14,20-23,25,27H,4-9,15-18H2,1-3H3/t20?,21-,22-,23?,25-/m1/s1. The lowest BCUT2D eigenvalue weighted by Crippen LogP contribution is -2.61. The van der Waals surface area contributed by atoms with E-state index >= 15 is 0 Å². The van der Waals surface area contributed by atoms with E-state index in [1.54, 1.807) is 24.3 Å². The van der Waals surface area contributed by atoms with Crippen LogP contribution >= 0.6 is 0 Å². The molecule has 1 aromatic rings. The third-order valence-electron chi connectivity index (χ3n) is 5.40. The Morgan fingerprint density at radius 3 is 2.09 bits per heavy atom. The molecule has 1 aliphatic heterocycles. The van der Waals surface area contributed by atoms with E-state index in [0.29, 0.717) is 25.4 Å². The topological polar surface area (TPSA) is 83.5 Å². The van der Waals surface area contributed by atoms with Crippen molar-refractivity contribution >= 4 is 5.97 Å². The number of aliphatic hydroxyl groups excluding tert-OH is 1. The van der Waals surface area contributed by atoms with Crippen molar-refractivity contribution in [2.45, 2.75) is 90.0 Å². The fourth-order valence-corrected chi connectivity index (χ4v) is 3.49. The molecule has 1 N–H and O–H groups in total.